The molecule has 1 aromatic rings. The van der Waals surface area contributed by atoms with Crippen molar-refractivity contribution in [1.29, 1.82) is 0 Å². The Bertz CT molecular complexity index is 753. The quantitative estimate of drug-likeness (QED) is 0.775. The topological polar surface area (TPSA) is 58.6 Å². The van der Waals surface area contributed by atoms with Gasteiger partial charge in [-0.1, -0.05) is 12.1 Å². The number of nitrogens with zero attached hydrogens (tertiary/aromatic N) is 1. The van der Waals surface area contributed by atoms with E-state index in [0.717, 1.165) is 63.1 Å². The zero-order chi connectivity index (χ0) is 20.0. The number of hydrogen-bond acceptors (Lipinski definition) is 4. The number of amides is 1. The second-order valence-electron chi connectivity index (χ2n) is 10.1. The zero-order valence-electron chi connectivity index (χ0n) is 17.4. The third-order valence-corrected chi connectivity index (χ3v) is 7.91. The van der Waals surface area contributed by atoms with Crippen LogP contribution in [0.5, 0.6) is 0 Å². The molecule has 1 aliphatic heterocycles. The van der Waals surface area contributed by atoms with Crippen molar-refractivity contribution in [2.75, 3.05) is 20.2 Å². The molecule has 5 aliphatic rings. The SMILES string of the molecule is COC(=O)c1ccc(CN2CCC(NC(=O)C34CC5CC(CC(C5)C3)C4)C2)cc1. The van der Waals surface area contributed by atoms with Crippen LogP contribution in [0.15, 0.2) is 24.3 Å². The highest BCUT2D eigenvalue weighted by Gasteiger charge is 2.54. The van der Waals surface area contributed by atoms with Crippen LogP contribution in [0.3, 0.4) is 0 Å². The number of methoxy groups -OCH3 is 1. The molecular weight excluding hydrogens is 364 g/mol. The van der Waals surface area contributed by atoms with Crippen LogP contribution in [0.4, 0.5) is 0 Å². The molecule has 1 aromatic carbocycles. The number of nitrogens with one attached hydrogen (secondary N) is 1. The first kappa shape index (κ1) is 19.1. The molecule has 29 heavy (non-hydrogen) atoms. The molecule has 4 saturated carbocycles. The van der Waals surface area contributed by atoms with Gasteiger partial charge in [0.05, 0.1) is 12.7 Å². The summed E-state index contributed by atoms with van der Waals surface area (Å²) in [6.45, 7) is 2.77. The molecule has 4 aliphatic carbocycles. The summed E-state index contributed by atoms with van der Waals surface area (Å²) in [6, 6.07) is 7.90. The Kier molecular flexibility index (Phi) is 4.89. The van der Waals surface area contributed by atoms with Crippen molar-refractivity contribution in [2.24, 2.45) is 23.2 Å². The Morgan fingerprint density at radius 1 is 1.07 bits per heavy atom. The van der Waals surface area contributed by atoms with Crippen LogP contribution >= 0.6 is 0 Å². The van der Waals surface area contributed by atoms with E-state index in [1.54, 1.807) is 0 Å². The van der Waals surface area contributed by atoms with Crippen LogP contribution in [0, 0.1) is 23.2 Å². The number of benzene rings is 1. The molecule has 4 bridgehead atoms. The Morgan fingerprint density at radius 2 is 1.69 bits per heavy atom. The van der Waals surface area contributed by atoms with E-state index >= 15 is 0 Å². The third-order valence-electron chi connectivity index (χ3n) is 7.91. The maximum absolute atomic E-state index is 13.3. The van der Waals surface area contributed by atoms with Gasteiger partial charge in [-0.2, -0.15) is 0 Å². The van der Waals surface area contributed by atoms with Crippen molar-refractivity contribution in [2.45, 2.75) is 57.5 Å². The lowest BCUT2D eigenvalue weighted by molar-refractivity contribution is -0.146. The summed E-state index contributed by atoms with van der Waals surface area (Å²) >= 11 is 0. The number of likely N-dealkylation sites (tertiary alicyclic amines) is 1. The van der Waals surface area contributed by atoms with Crippen molar-refractivity contribution in [1.82, 2.24) is 10.2 Å². The molecule has 1 unspecified atom stereocenters. The van der Waals surface area contributed by atoms with E-state index in [4.69, 9.17) is 4.74 Å². The van der Waals surface area contributed by atoms with Gasteiger partial charge < -0.3 is 10.1 Å². The van der Waals surface area contributed by atoms with Crippen LogP contribution in [-0.4, -0.2) is 43.0 Å². The molecular formula is C24H32N2O3. The summed E-state index contributed by atoms with van der Waals surface area (Å²) in [7, 11) is 1.40. The van der Waals surface area contributed by atoms with Crippen LogP contribution in [0.1, 0.15) is 60.9 Å². The smallest absolute Gasteiger partial charge is 0.337 e. The third kappa shape index (κ3) is 3.70. The predicted octanol–water partition coefficient (Wildman–Crippen LogP) is 3.38. The van der Waals surface area contributed by atoms with Gasteiger partial charge in [-0.3, -0.25) is 9.69 Å². The van der Waals surface area contributed by atoms with Crippen LogP contribution in [0.2, 0.25) is 0 Å². The van der Waals surface area contributed by atoms with E-state index in [2.05, 4.69) is 10.2 Å². The van der Waals surface area contributed by atoms with Gasteiger partial charge in [-0.25, -0.2) is 4.79 Å². The lowest BCUT2D eigenvalue weighted by Gasteiger charge is -2.55. The minimum Gasteiger partial charge on any atom is -0.465 e. The van der Waals surface area contributed by atoms with Crippen molar-refractivity contribution >= 4 is 11.9 Å². The summed E-state index contributed by atoms with van der Waals surface area (Å²) in [5.41, 5.74) is 1.72. The van der Waals surface area contributed by atoms with Gasteiger partial charge in [-0.15, -0.1) is 0 Å². The summed E-state index contributed by atoms with van der Waals surface area (Å²) < 4.78 is 4.76. The zero-order valence-corrected chi connectivity index (χ0v) is 17.4. The van der Waals surface area contributed by atoms with Crippen molar-refractivity contribution in [3.05, 3.63) is 35.4 Å². The fraction of sp³-hybridized carbons (Fsp3) is 0.667. The molecule has 5 fully saturated rings. The monoisotopic (exact) mass is 396 g/mol. The van der Waals surface area contributed by atoms with Gasteiger partial charge in [0.25, 0.3) is 0 Å². The van der Waals surface area contributed by atoms with E-state index in [0.29, 0.717) is 11.5 Å². The molecule has 6 rings (SSSR count). The van der Waals surface area contributed by atoms with Gasteiger partial charge in [0.2, 0.25) is 5.91 Å². The first-order chi connectivity index (χ1) is 14.0. The molecule has 5 heteroatoms. The van der Waals surface area contributed by atoms with Crippen LogP contribution in [-0.2, 0) is 16.1 Å². The lowest BCUT2D eigenvalue weighted by Crippen LogP contribution is -2.55. The highest BCUT2D eigenvalue weighted by molar-refractivity contribution is 5.89. The van der Waals surface area contributed by atoms with E-state index in [9.17, 15) is 9.59 Å². The fourth-order valence-corrected chi connectivity index (χ4v) is 6.94. The van der Waals surface area contributed by atoms with Crippen LogP contribution < -0.4 is 5.32 Å². The normalized spacial score (nSPS) is 35.6. The number of esters is 1. The minimum atomic E-state index is -0.301. The second-order valence-corrected chi connectivity index (χ2v) is 10.1. The molecule has 0 aromatic heterocycles. The Labute approximate surface area is 173 Å². The standard InChI is InChI=1S/C24H32N2O3/c1-29-22(27)20-4-2-16(3-5-20)14-26-7-6-21(15-26)25-23(28)24-11-17-8-18(12-24)10-19(9-17)13-24/h2-5,17-19,21H,6-15H2,1H3,(H,25,28). The predicted molar refractivity (Wildman–Crippen MR) is 110 cm³/mol. The fourth-order valence-electron chi connectivity index (χ4n) is 6.94. The minimum absolute atomic E-state index is 0.0497. The van der Waals surface area contributed by atoms with Gasteiger partial charge in [0.15, 0.2) is 0 Å². The average molecular weight is 397 g/mol. The Hall–Kier alpha value is -1.88. The molecule has 1 atom stereocenters. The number of hydrogen-bond donors (Lipinski definition) is 1. The number of rotatable bonds is 5. The number of carbonyl (C=O) groups excluding carboxylic acids is 2. The Morgan fingerprint density at radius 3 is 2.28 bits per heavy atom. The molecule has 1 amide bonds. The molecule has 1 N–H and O–H groups in total. The highest BCUT2D eigenvalue weighted by atomic mass is 16.5. The van der Waals surface area contributed by atoms with E-state index < -0.39 is 0 Å². The largest absolute Gasteiger partial charge is 0.465 e. The first-order valence-corrected chi connectivity index (χ1v) is 11.2. The number of ether oxygens (including phenoxy) is 1. The molecule has 156 valence electrons. The maximum Gasteiger partial charge on any atom is 0.337 e. The Balaban J connectivity index is 1.15. The van der Waals surface area contributed by atoms with Gasteiger partial charge in [0, 0.05) is 31.1 Å². The second kappa shape index (κ2) is 7.42. The number of carbonyl (C=O) groups is 2. The summed E-state index contributed by atoms with van der Waals surface area (Å²) in [5, 5.41) is 3.44. The average Bonchev–Trinajstić information content (AvgIpc) is 3.13. The van der Waals surface area contributed by atoms with E-state index in [1.807, 2.05) is 24.3 Å². The van der Waals surface area contributed by atoms with Crippen molar-refractivity contribution in [3.63, 3.8) is 0 Å². The molecule has 1 saturated heterocycles. The van der Waals surface area contributed by atoms with Gasteiger partial charge >= 0.3 is 5.97 Å². The van der Waals surface area contributed by atoms with Crippen molar-refractivity contribution in [3.8, 4) is 0 Å². The summed E-state index contributed by atoms with van der Waals surface area (Å²) in [5.74, 6) is 2.47. The van der Waals surface area contributed by atoms with Crippen LogP contribution in [0.25, 0.3) is 0 Å². The molecule has 1 heterocycles. The van der Waals surface area contributed by atoms with E-state index in [1.165, 1.54) is 31.9 Å². The summed E-state index contributed by atoms with van der Waals surface area (Å²) in [4.78, 5) is 27.2. The molecule has 0 spiro atoms. The summed E-state index contributed by atoms with van der Waals surface area (Å²) in [6.07, 6.45) is 8.54. The first-order valence-electron chi connectivity index (χ1n) is 11.2. The molecule has 0 radical (unpaired) electrons. The molecule has 5 nitrogen and oxygen atoms in total. The maximum atomic E-state index is 13.3. The van der Waals surface area contributed by atoms with Gasteiger partial charge in [0.1, 0.15) is 0 Å². The van der Waals surface area contributed by atoms with Crippen molar-refractivity contribution < 1.29 is 14.3 Å². The highest BCUT2D eigenvalue weighted by Crippen LogP contribution is 2.60. The lowest BCUT2D eigenvalue weighted by atomic mass is 9.49. The van der Waals surface area contributed by atoms with Gasteiger partial charge in [-0.05, 0) is 80.4 Å². The van der Waals surface area contributed by atoms with E-state index in [-0.39, 0.29) is 17.4 Å².